The molecule has 0 atom stereocenters. The van der Waals surface area contributed by atoms with E-state index in [0.717, 1.165) is 49.5 Å². The minimum Gasteiger partial charge on any atom is -0.372 e. The Hall–Kier alpha value is -1.82. The number of fused-ring (bicyclic) bond motifs is 1. The summed E-state index contributed by atoms with van der Waals surface area (Å²) in [6, 6.07) is 0.861. The van der Waals surface area contributed by atoms with Crippen LogP contribution in [0.1, 0.15) is 12.8 Å². The van der Waals surface area contributed by atoms with E-state index in [9.17, 15) is 0 Å². The molecule has 2 aliphatic rings. The third-order valence-electron chi connectivity index (χ3n) is 4.29. The van der Waals surface area contributed by atoms with Gasteiger partial charge < -0.3 is 14.6 Å². The number of rotatable bonds is 3. The van der Waals surface area contributed by atoms with E-state index in [-0.39, 0.29) is 0 Å². The minimum absolute atomic E-state index is 0.861. The Kier molecular flexibility index (Phi) is 2.77. The smallest absolute Gasteiger partial charge is 0.180 e. The number of nitrogens with one attached hydrogen (secondary N) is 1. The Labute approximate surface area is 118 Å². The SMILES string of the molecule is CNc1cn2ccnc2c(N2CCN(C3CC3)CC2)n1. The summed E-state index contributed by atoms with van der Waals surface area (Å²) in [5, 5.41) is 3.13. The molecule has 106 valence electrons. The van der Waals surface area contributed by atoms with Crippen molar-refractivity contribution in [2.24, 2.45) is 0 Å². The van der Waals surface area contributed by atoms with Crippen molar-refractivity contribution < 1.29 is 0 Å². The quantitative estimate of drug-likeness (QED) is 0.905. The molecule has 0 radical (unpaired) electrons. The molecular weight excluding hydrogens is 252 g/mol. The molecular formula is C14H20N6. The third-order valence-corrected chi connectivity index (χ3v) is 4.29. The van der Waals surface area contributed by atoms with Gasteiger partial charge in [-0.3, -0.25) is 4.90 Å². The van der Waals surface area contributed by atoms with Gasteiger partial charge in [-0.15, -0.1) is 0 Å². The summed E-state index contributed by atoms with van der Waals surface area (Å²) in [5.41, 5.74) is 0.948. The van der Waals surface area contributed by atoms with Gasteiger partial charge in [-0.25, -0.2) is 9.97 Å². The van der Waals surface area contributed by atoms with Gasteiger partial charge in [0.25, 0.3) is 0 Å². The monoisotopic (exact) mass is 272 g/mol. The molecule has 0 bridgehead atoms. The zero-order chi connectivity index (χ0) is 13.5. The number of aromatic nitrogens is 3. The molecule has 1 N–H and O–H groups in total. The highest BCUT2D eigenvalue weighted by Crippen LogP contribution is 2.29. The van der Waals surface area contributed by atoms with Gasteiger partial charge >= 0.3 is 0 Å². The first-order valence-electron chi connectivity index (χ1n) is 7.35. The summed E-state index contributed by atoms with van der Waals surface area (Å²) >= 11 is 0. The van der Waals surface area contributed by atoms with Crippen LogP contribution in [0.4, 0.5) is 11.6 Å². The van der Waals surface area contributed by atoms with Gasteiger partial charge in [0.1, 0.15) is 5.82 Å². The van der Waals surface area contributed by atoms with Crippen molar-refractivity contribution in [2.75, 3.05) is 43.4 Å². The predicted molar refractivity (Wildman–Crippen MR) is 79.3 cm³/mol. The summed E-state index contributed by atoms with van der Waals surface area (Å²) in [5.74, 6) is 1.88. The van der Waals surface area contributed by atoms with E-state index < -0.39 is 0 Å². The van der Waals surface area contributed by atoms with Crippen LogP contribution >= 0.6 is 0 Å². The lowest BCUT2D eigenvalue weighted by molar-refractivity contribution is 0.247. The van der Waals surface area contributed by atoms with Gasteiger partial charge in [0.05, 0.1) is 6.20 Å². The maximum Gasteiger partial charge on any atom is 0.180 e. The highest BCUT2D eigenvalue weighted by atomic mass is 15.3. The fourth-order valence-corrected chi connectivity index (χ4v) is 2.99. The van der Waals surface area contributed by atoms with Crippen LogP contribution in [0, 0.1) is 0 Å². The second kappa shape index (κ2) is 4.63. The lowest BCUT2D eigenvalue weighted by Crippen LogP contribution is -2.47. The van der Waals surface area contributed by atoms with E-state index in [1.165, 1.54) is 12.8 Å². The van der Waals surface area contributed by atoms with Crippen molar-refractivity contribution in [3.8, 4) is 0 Å². The molecule has 0 aromatic carbocycles. The van der Waals surface area contributed by atoms with E-state index in [1.807, 2.05) is 30.0 Å². The number of nitrogens with zero attached hydrogens (tertiary/aromatic N) is 5. The molecule has 4 rings (SSSR count). The Balaban J connectivity index is 1.62. The molecule has 2 aromatic rings. The van der Waals surface area contributed by atoms with Gasteiger partial charge in [-0.2, -0.15) is 0 Å². The number of imidazole rings is 1. The second-order valence-electron chi connectivity index (χ2n) is 5.61. The summed E-state index contributed by atoms with van der Waals surface area (Å²) in [6.07, 6.45) is 8.56. The molecule has 6 nitrogen and oxygen atoms in total. The Bertz CT molecular complexity index is 609. The molecule has 2 aromatic heterocycles. The average molecular weight is 272 g/mol. The number of piperazine rings is 1. The molecule has 1 aliphatic carbocycles. The van der Waals surface area contributed by atoms with Crippen LogP contribution in [0.2, 0.25) is 0 Å². The van der Waals surface area contributed by atoms with Crippen molar-refractivity contribution in [2.45, 2.75) is 18.9 Å². The van der Waals surface area contributed by atoms with Gasteiger partial charge in [0, 0.05) is 51.7 Å². The van der Waals surface area contributed by atoms with E-state index >= 15 is 0 Å². The summed E-state index contributed by atoms with van der Waals surface area (Å²) in [7, 11) is 1.90. The molecule has 1 aliphatic heterocycles. The standard InChI is InChI=1S/C14H20N6/c1-15-12-10-20-5-4-16-13(20)14(17-12)19-8-6-18(7-9-19)11-2-3-11/h4-5,10-11,15H,2-3,6-9H2,1H3. The van der Waals surface area contributed by atoms with Crippen molar-refractivity contribution in [3.05, 3.63) is 18.6 Å². The zero-order valence-electron chi connectivity index (χ0n) is 11.8. The molecule has 0 amide bonds. The first-order valence-corrected chi connectivity index (χ1v) is 7.35. The van der Waals surface area contributed by atoms with Crippen LogP contribution in [0.3, 0.4) is 0 Å². The normalized spacial score (nSPS) is 20.6. The van der Waals surface area contributed by atoms with E-state index in [2.05, 4.69) is 20.1 Å². The topological polar surface area (TPSA) is 48.7 Å². The van der Waals surface area contributed by atoms with Crippen LogP contribution in [0.15, 0.2) is 18.6 Å². The number of hydrogen-bond donors (Lipinski definition) is 1. The Morgan fingerprint density at radius 1 is 1.20 bits per heavy atom. The van der Waals surface area contributed by atoms with Gasteiger partial charge in [-0.1, -0.05) is 0 Å². The maximum atomic E-state index is 4.71. The summed E-state index contributed by atoms with van der Waals surface area (Å²) in [4.78, 5) is 14.1. The predicted octanol–water partition coefficient (Wildman–Crippen LogP) is 1.06. The summed E-state index contributed by atoms with van der Waals surface area (Å²) in [6.45, 7) is 4.37. The molecule has 3 heterocycles. The molecule has 1 saturated heterocycles. The van der Waals surface area contributed by atoms with Crippen LogP contribution in [-0.2, 0) is 0 Å². The number of hydrogen-bond acceptors (Lipinski definition) is 5. The fourth-order valence-electron chi connectivity index (χ4n) is 2.99. The van der Waals surface area contributed by atoms with Crippen molar-refractivity contribution >= 4 is 17.3 Å². The molecule has 0 unspecified atom stereocenters. The Morgan fingerprint density at radius 3 is 2.70 bits per heavy atom. The minimum atomic E-state index is 0.861. The molecule has 6 heteroatoms. The molecule has 2 fully saturated rings. The van der Waals surface area contributed by atoms with Crippen LogP contribution in [0.5, 0.6) is 0 Å². The third kappa shape index (κ3) is 2.00. The lowest BCUT2D eigenvalue weighted by Gasteiger charge is -2.35. The fraction of sp³-hybridized carbons (Fsp3) is 0.571. The summed E-state index contributed by atoms with van der Waals surface area (Å²) < 4.78 is 2.04. The highest BCUT2D eigenvalue weighted by molar-refractivity contribution is 5.67. The van der Waals surface area contributed by atoms with Crippen LogP contribution in [0.25, 0.3) is 5.65 Å². The van der Waals surface area contributed by atoms with Crippen molar-refractivity contribution in [3.63, 3.8) is 0 Å². The lowest BCUT2D eigenvalue weighted by atomic mass is 10.3. The largest absolute Gasteiger partial charge is 0.372 e. The molecule has 20 heavy (non-hydrogen) atoms. The second-order valence-corrected chi connectivity index (χ2v) is 5.61. The van der Waals surface area contributed by atoms with Gasteiger partial charge in [0.15, 0.2) is 11.5 Å². The highest BCUT2D eigenvalue weighted by Gasteiger charge is 2.31. The Morgan fingerprint density at radius 2 is 2.00 bits per heavy atom. The zero-order valence-corrected chi connectivity index (χ0v) is 11.8. The van der Waals surface area contributed by atoms with Crippen molar-refractivity contribution in [1.29, 1.82) is 0 Å². The maximum absolute atomic E-state index is 4.71. The van der Waals surface area contributed by atoms with E-state index in [1.54, 1.807) is 0 Å². The van der Waals surface area contributed by atoms with E-state index in [4.69, 9.17) is 4.98 Å². The van der Waals surface area contributed by atoms with Crippen molar-refractivity contribution in [1.82, 2.24) is 19.3 Å². The first-order chi connectivity index (χ1) is 9.85. The molecule has 0 spiro atoms. The van der Waals surface area contributed by atoms with E-state index in [0.29, 0.717) is 0 Å². The first kappa shape index (κ1) is 12.0. The molecule has 1 saturated carbocycles. The van der Waals surface area contributed by atoms with Gasteiger partial charge in [0.2, 0.25) is 0 Å². The van der Waals surface area contributed by atoms with Gasteiger partial charge in [-0.05, 0) is 12.8 Å². The number of anilines is 2. The average Bonchev–Trinajstić information content (AvgIpc) is 3.24. The van der Waals surface area contributed by atoms with Crippen LogP contribution < -0.4 is 10.2 Å². The van der Waals surface area contributed by atoms with Crippen LogP contribution in [-0.4, -0.2) is 58.5 Å².